The number of carbonyl (C=O) groups excluding carboxylic acids is 2. The maximum Gasteiger partial charge on any atom is 0.265 e. The lowest BCUT2D eigenvalue weighted by Gasteiger charge is -2.35. The van der Waals surface area contributed by atoms with Gasteiger partial charge in [0.05, 0.1) is 0 Å². The van der Waals surface area contributed by atoms with Crippen LogP contribution in [0.1, 0.15) is 30.5 Å². The van der Waals surface area contributed by atoms with E-state index in [0.29, 0.717) is 29.8 Å². The van der Waals surface area contributed by atoms with Gasteiger partial charge in [-0.1, -0.05) is 0 Å². The molecule has 1 fully saturated rings. The summed E-state index contributed by atoms with van der Waals surface area (Å²) < 4.78 is 0. The standard InChI is InChI=1S/C17H20N2O3S/c1-5-18-15(21)13(16(22)19(6-2)17(18)23)9-12-7-10(3)14(20)11(4)8-12/h7-9,20H,5-6H2,1-4H3. The molecule has 1 heterocycles. The van der Waals surface area contributed by atoms with Crippen LogP contribution in [0.25, 0.3) is 6.08 Å². The van der Waals surface area contributed by atoms with Crippen LogP contribution in [-0.4, -0.2) is 44.9 Å². The number of carbonyl (C=O) groups is 2. The second-order valence-electron chi connectivity index (χ2n) is 5.44. The Kier molecular flexibility index (Phi) is 4.85. The zero-order chi connectivity index (χ0) is 17.3. The molecule has 6 heteroatoms. The van der Waals surface area contributed by atoms with Crippen molar-refractivity contribution in [3.8, 4) is 5.75 Å². The number of thiocarbonyl (C=S) groups is 1. The van der Waals surface area contributed by atoms with Crippen LogP contribution in [0.15, 0.2) is 17.7 Å². The summed E-state index contributed by atoms with van der Waals surface area (Å²) in [5.74, 6) is -0.536. The molecule has 1 N–H and O–H groups in total. The number of phenolic OH excluding ortho intramolecular Hbond substituents is 1. The molecule has 0 aromatic heterocycles. The zero-order valence-corrected chi connectivity index (χ0v) is 14.5. The second-order valence-corrected chi connectivity index (χ2v) is 5.81. The molecule has 1 saturated heterocycles. The van der Waals surface area contributed by atoms with E-state index in [2.05, 4.69) is 0 Å². The normalized spacial score (nSPS) is 15.5. The number of rotatable bonds is 3. The lowest BCUT2D eigenvalue weighted by Crippen LogP contribution is -2.55. The molecule has 2 rings (SSSR count). The lowest BCUT2D eigenvalue weighted by atomic mass is 10.0. The van der Waals surface area contributed by atoms with E-state index in [9.17, 15) is 14.7 Å². The van der Waals surface area contributed by atoms with E-state index in [-0.39, 0.29) is 28.2 Å². The van der Waals surface area contributed by atoms with Crippen molar-refractivity contribution in [1.82, 2.24) is 9.80 Å². The zero-order valence-electron chi connectivity index (χ0n) is 13.7. The Balaban J connectivity index is 2.53. The molecule has 0 unspecified atom stereocenters. The summed E-state index contributed by atoms with van der Waals surface area (Å²) in [6, 6.07) is 3.49. The number of hydrogen-bond donors (Lipinski definition) is 1. The van der Waals surface area contributed by atoms with Crippen molar-refractivity contribution in [2.45, 2.75) is 27.7 Å². The first-order valence-electron chi connectivity index (χ1n) is 7.51. The largest absolute Gasteiger partial charge is 0.507 e. The molecule has 0 saturated carbocycles. The number of benzene rings is 1. The molecule has 1 aromatic carbocycles. The van der Waals surface area contributed by atoms with E-state index < -0.39 is 0 Å². The predicted octanol–water partition coefficient (Wildman–Crippen LogP) is 2.39. The minimum atomic E-state index is -0.379. The highest BCUT2D eigenvalue weighted by Gasteiger charge is 2.37. The summed E-state index contributed by atoms with van der Waals surface area (Å²) in [7, 11) is 0. The quantitative estimate of drug-likeness (QED) is 0.524. The monoisotopic (exact) mass is 332 g/mol. The van der Waals surface area contributed by atoms with Crippen LogP contribution in [0.4, 0.5) is 0 Å². The van der Waals surface area contributed by atoms with Crippen LogP contribution in [0, 0.1) is 13.8 Å². The highest BCUT2D eigenvalue weighted by atomic mass is 32.1. The Bertz CT molecular complexity index is 674. The molecule has 0 radical (unpaired) electrons. The number of likely N-dealkylation sites (N-methyl/N-ethyl adjacent to an activating group) is 2. The highest BCUT2D eigenvalue weighted by molar-refractivity contribution is 7.80. The third kappa shape index (κ3) is 2.99. The number of phenols is 1. The van der Waals surface area contributed by atoms with Crippen molar-refractivity contribution in [3.63, 3.8) is 0 Å². The molecule has 5 nitrogen and oxygen atoms in total. The van der Waals surface area contributed by atoms with Gasteiger partial charge in [0.25, 0.3) is 11.8 Å². The minimum absolute atomic E-state index is 0.0896. The first-order chi connectivity index (χ1) is 10.8. The molecular weight excluding hydrogens is 312 g/mol. The molecule has 0 atom stereocenters. The SMILES string of the molecule is CCN1C(=O)C(=Cc2cc(C)c(O)c(C)c2)C(=O)N(CC)C1=S. The first kappa shape index (κ1) is 17.1. The average molecular weight is 332 g/mol. The molecular formula is C17H20N2O3S. The van der Waals surface area contributed by atoms with Crippen LogP contribution in [-0.2, 0) is 9.59 Å². The van der Waals surface area contributed by atoms with E-state index in [1.54, 1.807) is 32.1 Å². The van der Waals surface area contributed by atoms with Gasteiger partial charge in [-0.05, 0) is 74.8 Å². The van der Waals surface area contributed by atoms with E-state index in [4.69, 9.17) is 12.2 Å². The molecule has 0 bridgehead atoms. The third-order valence-electron chi connectivity index (χ3n) is 3.87. The van der Waals surface area contributed by atoms with Crippen molar-refractivity contribution in [2.24, 2.45) is 0 Å². The van der Waals surface area contributed by atoms with Gasteiger partial charge in [-0.2, -0.15) is 0 Å². The number of hydrogen-bond acceptors (Lipinski definition) is 4. The van der Waals surface area contributed by atoms with Crippen LogP contribution >= 0.6 is 12.2 Å². The smallest absolute Gasteiger partial charge is 0.265 e. The van der Waals surface area contributed by atoms with Gasteiger partial charge in [0, 0.05) is 13.1 Å². The fourth-order valence-electron chi connectivity index (χ4n) is 2.62. The lowest BCUT2D eigenvalue weighted by molar-refractivity contribution is -0.133. The fraction of sp³-hybridized carbons (Fsp3) is 0.353. The van der Waals surface area contributed by atoms with Gasteiger partial charge >= 0.3 is 0 Å². The molecule has 1 aliphatic heterocycles. The third-order valence-corrected chi connectivity index (χ3v) is 4.31. The summed E-state index contributed by atoms with van der Waals surface area (Å²) in [6.07, 6.45) is 1.57. The molecule has 0 spiro atoms. The molecule has 23 heavy (non-hydrogen) atoms. The van der Waals surface area contributed by atoms with Crippen molar-refractivity contribution in [3.05, 3.63) is 34.4 Å². The summed E-state index contributed by atoms with van der Waals surface area (Å²) in [5, 5.41) is 10.1. The van der Waals surface area contributed by atoms with Gasteiger partial charge in [-0.25, -0.2) is 0 Å². The van der Waals surface area contributed by atoms with Crippen LogP contribution < -0.4 is 0 Å². The molecule has 0 aliphatic carbocycles. The summed E-state index contributed by atoms with van der Waals surface area (Å²) in [4.78, 5) is 28.0. The average Bonchev–Trinajstić information content (AvgIpc) is 2.50. The molecule has 1 aromatic rings. The maximum absolute atomic E-state index is 12.6. The van der Waals surface area contributed by atoms with Gasteiger partial charge in [0.1, 0.15) is 11.3 Å². The van der Waals surface area contributed by atoms with Gasteiger partial charge in [-0.3, -0.25) is 19.4 Å². The number of nitrogens with zero attached hydrogens (tertiary/aromatic N) is 2. The van der Waals surface area contributed by atoms with Crippen molar-refractivity contribution in [1.29, 1.82) is 0 Å². The van der Waals surface area contributed by atoms with Gasteiger partial charge in [0.2, 0.25) is 0 Å². The van der Waals surface area contributed by atoms with Crippen LogP contribution in [0.2, 0.25) is 0 Å². The predicted molar refractivity (Wildman–Crippen MR) is 92.9 cm³/mol. The van der Waals surface area contributed by atoms with Crippen molar-refractivity contribution >= 4 is 35.2 Å². The topological polar surface area (TPSA) is 60.9 Å². The van der Waals surface area contributed by atoms with E-state index >= 15 is 0 Å². The Morgan fingerprint density at radius 1 is 1.04 bits per heavy atom. The van der Waals surface area contributed by atoms with Crippen molar-refractivity contribution in [2.75, 3.05) is 13.1 Å². The minimum Gasteiger partial charge on any atom is -0.507 e. The first-order valence-corrected chi connectivity index (χ1v) is 7.92. The fourth-order valence-corrected chi connectivity index (χ4v) is 3.05. The van der Waals surface area contributed by atoms with E-state index in [0.717, 1.165) is 0 Å². The Hall–Kier alpha value is -2.21. The van der Waals surface area contributed by atoms with Gasteiger partial charge in [0.15, 0.2) is 5.11 Å². The van der Waals surface area contributed by atoms with Crippen LogP contribution in [0.3, 0.4) is 0 Å². The maximum atomic E-state index is 12.6. The Labute approximate surface area is 141 Å². The number of aromatic hydroxyl groups is 1. The van der Waals surface area contributed by atoms with E-state index in [1.807, 2.05) is 13.8 Å². The second kappa shape index (κ2) is 6.50. The van der Waals surface area contributed by atoms with Crippen molar-refractivity contribution < 1.29 is 14.7 Å². The van der Waals surface area contributed by atoms with Gasteiger partial charge in [-0.15, -0.1) is 0 Å². The van der Waals surface area contributed by atoms with Gasteiger partial charge < -0.3 is 5.11 Å². The Morgan fingerprint density at radius 3 is 1.87 bits per heavy atom. The molecule has 122 valence electrons. The Morgan fingerprint density at radius 2 is 1.48 bits per heavy atom. The highest BCUT2D eigenvalue weighted by Crippen LogP contribution is 2.26. The van der Waals surface area contributed by atoms with Crippen LogP contribution in [0.5, 0.6) is 5.75 Å². The molecule has 2 amide bonds. The summed E-state index contributed by atoms with van der Waals surface area (Å²) in [5.41, 5.74) is 2.19. The van der Waals surface area contributed by atoms with E-state index in [1.165, 1.54) is 9.80 Å². The molecule has 1 aliphatic rings. The summed E-state index contributed by atoms with van der Waals surface area (Å²) in [6.45, 7) is 8.01. The summed E-state index contributed by atoms with van der Waals surface area (Å²) >= 11 is 5.23. The number of amides is 2. The number of aryl methyl sites for hydroxylation is 2.